The van der Waals surface area contributed by atoms with E-state index in [1.165, 1.54) is 24.5 Å². The lowest BCUT2D eigenvalue weighted by molar-refractivity contribution is 0.330. The largest absolute Gasteiger partial charge is 0.306 e. The van der Waals surface area contributed by atoms with Crippen molar-refractivity contribution in [2.45, 2.75) is 32.1 Å². The summed E-state index contributed by atoms with van der Waals surface area (Å²) in [6.45, 7) is 6.60. The van der Waals surface area contributed by atoms with Crippen molar-refractivity contribution in [3.63, 3.8) is 0 Å². The minimum atomic E-state index is 0.312. The maximum atomic E-state index is 5.87. The zero-order valence-corrected chi connectivity index (χ0v) is 10.6. The van der Waals surface area contributed by atoms with Gasteiger partial charge in [-0.25, -0.2) is 0 Å². The van der Waals surface area contributed by atoms with E-state index in [4.69, 9.17) is 11.6 Å². The normalized spacial score (nSPS) is 13.6. The molecular formula is C10H22ClNS. The van der Waals surface area contributed by atoms with Crippen LogP contribution in [0.3, 0.4) is 0 Å². The summed E-state index contributed by atoms with van der Waals surface area (Å²) in [6, 6.07) is 0. The van der Waals surface area contributed by atoms with Crippen LogP contribution in [0.25, 0.3) is 0 Å². The maximum absolute atomic E-state index is 5.87. The number of rotatable bonds is 8. The summed E-state index contributed by atoms with van der Waals surface area (Å²) in [5.41, 5.74) is 0. The predicted octanol–water partition coefficient (Wildman–Crippen LogP) is 3.08. The van der Waals surface area contributed by atoms with Crippen molar-refractivity contribution < 1.29 is 0 Å². The van der Waals surface area contributed by atoms with E-state index in [-0.39, 0.29) is 0 Å². The van der Waals surface area contributed by atoms with Gasteiger partial charge < -0.3 is 4.90 Å². The average Bonchev–Trinajstić information content (AvgIpc) is 2.09. The fourth-order valence-electron chi connectivity index (χ4n) is 1.09. The molecule has 0 spiro atoms. The Bertz CT molecular complexity index is 109. The molecule has 0 aromatic heterocycles. The van der Waals surface area contributed by atoms with Crippen molar-refractivity contribution in [3.05, 3.63) is 0 Å². The third kappa shape index (κ3) is 10.5. The van der Waals surface area contributed by atoms with Crippen molar-refractivity contribution in [1.29, 1.82) is 0 Å². The molecule has 80 valence electrons. The van der Waals surface area contributed by atoms with Crippen molar-refractivity contribution in [3.8, 4) is 0 Å². The first kappa shape index (κ1) is 13.6. The molecule has 0 heterocycles. The fourth-order valence-corrected chi connectivity index (χ4v) is 1.81. The molecule has 0 amide bonds. The number of halogens is 1. The summed E-state index contributed by atoms with van der Waals surface area (Å²) in [5.74, 6) is 2.53. The smallest absolute Gasteiger partial charge is 0.0320 e. The molecule has 3 heteroatoms. The molecule has 0 aromatic rings. The van der Waals surface area contributed by atoms with Crippen LogP contribution in [0.4, 0.5) is 0 Å². The lowest BCUT2D eigenvalue weighted by Crippen LogP contribution is -2.22. The molecule has 0 aliphatic carbocycles. The number of nitrogens with zero attached hydrogens (tertiary/aromatic N) is 1. The minimum Gasteiger partial charge on any atom is -0.306 e. The second kappa shape index (κ2) is 9.17. The second-order valence-corrected chi connectivity index (χ2v) is 5.56. The summed E-state index contributed by atoms with van der Waals surface area (Å²) in [5, 5.41) is 0.312. The number of hydrogen-bond donors (Lipinski definition) is 0. The highest BCUT2D eigenvalue weighted by Crippen LogP contribution is 2.04. The zero-order chi connectivity index (χ0) is 10.1. The third-order valence-corrected chi connectivity index (χ3v) is 3.15. The molecule has 0 aliphatic heterocycles. The van der Waals surface area contributed by atoms with Crippen molar-refractivity contribution in [2.24, 2.45) is 0 Å². The monoisotopic (exact) mass is 223 g/mol. The van der Waals surface area contributed by atoms with E-state index in [2.05, 4.69) is 25.8 Å². The SMILES string of the molecule is CCSCCCN(C)CCC(C)Cl. The van der Waals surface area contributed by atoms with E-state index in [9.17, 15) is 0 Å². The molecule has 0 N–H and O–H groups in total. The Balaban J connectivity index is 3.15. The Labute approximate surface area is 92.2 Å². The predicted molar refractivity (Wildman–Crippen MR) is 65.0 cm³/mol. The van der Waals surface area contributed by atoms with E-state index in [0.29, 0.717) is 5.38 Å². The Kier molecular flexibility index (Phi) is 9.59. The minimum absolute atomic E-state index is 0.312. The number of hydrogen-bond acceptors (Lipinski definition) is 2. The number of alkyl halides is 1. The third-order valence-electron chi connectivity index (χ3n) is 1.94. The van der Waals surface area contributed by atoms with E-state index in [0.717, 1.165) is 13.0 Å². The highest BCUT2D eigenvalue weighted by Gasteiger charge is 2.00. The van der Waals surface area contributed by atoms with E-state index >= 15 is 0 Å². The highest BCUT2D eigenvalue weighted by molar-refractivity contribution is 7.99. The van der Waals surface area contributed by atoms with E-state index in [1.807, 2.05) is 11.8 Å². The maximum Gasteiger partial charge on any atom is 0.0320 e. The molecule has 0 aromatic carbocycles. The van der Waals surface area contributed by atoms with Gasteiger partial charge in [0.25, 0.3) is 0 Å². The summed E-state index contributed by atoms with van der Waals surface area (Å²) >= 11 is 7.90. The second-order valence-electron chi connectivity index (χ2n) is 3.42. The molecule has 0 saturated heterocycles. The van der Waals surface area contributed by atoms with Gasteiger partial charge in [0.05, 0.1) is 0 Å². The van der Waals surface area contributed by atoms with Gasteiger partial charge in [-0.3, -0.25) is 0 Å². The van der Waals surface area contributed by atoms with E-state index in [1.54, 1.807) is 0 Å². The summed E-state index contributed by atoms with van der Waals surface area (Å²) in [4.78, 5) is 2.37. The van der Waals surface area contributed by atoms with Gasteiger partial charge in [-0.1, -0.05) is 6.92 Å². The van der Waals surface area contributed by atoms with Crippen LogP contribution in [0.5, 0.6) is 0 Å². The van der Waals surface area contributed by atoms with E-state index < -0.39 is 0 Å². The number of thioether (sulfide) groups is 1. The molecule has 1 nitrogen and oxygen atoms in total. The van der Waals surface area contributed by atoms with Crippen molar-refractivity contribution in [2.75, 3.05) is 31.6 Å². The van der Waals surface area contributed by atoms with Crippen molar-refractivity contribution >= 4 is 23.4 Å². The van der Waals surface area contributed by atoms with Crippen LogP contribution in [0, 0.1) is 0 Å². The Morgan fingerprint density at radius 3 is 2.62 bits per heavy atom. The molecule has 0 radical (unpaired) electrons. The van der Waals surface area contributed by atoms with Crippen LogP contribution in [0.1, 0.15) is 26.7 Å². The van der Waals surface area contributed by atoms with Crippen LogP contribution in [-0.2, 0) is 0 Å². The molecule has 0 saturated carbocycles. The van der Waals surface area contributed by atoms with Crippen LogP contribution in [0.2, 0.25) is 0 Å². The molecule has 0 fully saturated rings. The fraction of sp³-hybridized carbons (Fsp3) is 1.00. The van der Waals surface area contributed by atoms with Crippen LogP contribution >= 0.6 is 23.4 Å². The molecule has 13 heavy (non-hydrogen) atoms. The van der Waals surface area contributed by atoms with Gasteiger partial charge in [0.15, 0.2) is 0 Å². The first-order chi connectivity index (χ1) is 6.16. The van der Waals surface area contributed by atoms with Gasteiger partial charge in [0, 0.05) is 5.38 Å². The first-order valence-electron chi connectivity index (χ1n) is 5.07. The summed E-state index contributed by atoms with van der Waals surface area (Å²) in [7, 11) is 2.18. The van der Waals surface area contributed by atoms with Gasteiger partial charge >= 0.3 is 0 Å². The Hall–Kier alpha value is 0.600. The summed E-state index contributed by atoms with van der Waals surface area (Å²) < 4.78 is 0. The van der Waals surface area contributed by atoms with Gasteiger partial charge in [-0.2, -0.15) is 11.8 Å². The molecule has 0 rings (SSSR count). The first-order valence-corrected chi connectivity index (χ1v) is 6.66. The molecule has 1 unspecified atom stereocenters. The zero-order valence-electron chi connectivity index (χ0n) is 9.05. The molecular weight excluding hydrogens is 202 g/mol. The lowest BCUT2D eigenvalue weighted by atomic mass is 10.3. The van der Waals surface area contributed by atoms with Gasteiger partial charge in [-0.15, -0.1) is 11.6 Å². The van der Waals surface area contributed by atoms with Gasteiger partial charge in [-0.05, 0) is 51.4 Å². The lowest BCUT2D eigenvalue weighted by Gasteiger charge is -2.16. The highest BCUT2D eigenvalue weighted by atomic mass is 35.5. The summed E-state index contributed by atoms with van der Waals surface area (Å²) in [6.07, 6.45) is 2.39. The quantitative estimate of drug-likeness (QED) is 0.460. The van der Waals surface area contributed by atoms with Gasteiger partial charge in [0.2, 0.25) is 0 Å². The Morgan fingerprint density at radius 2 is 2.08 bits per heavy atom. The topological polar surface area (TPSA) is 3.24 Å². The molecule has 1 atom stereocenters. The van der Waals surface area contributed by atoms with Crippen LogP contribution < -0.4 is 0 Å². The van der Waals surface area contributed by atoms with Gasteiger partial charge in [0.1, 0.15) is 0 Å². The van der Waals surface area contributed by atoms with Crippen LogP contribution in [0.15, 0.2) is 0 Å². The molecule has 0 bridgehead atoms. The Morgan fingerprint density at radius 1 is 1.38 bits per heavy atom. The average molecular weight is 224 g/mol. The standard InChI is InChI=1S/C10H22ClNS/c1-4-13-9-5-7-12(3)8-6-10(2)11/h10H,4-9H2,1-3H3. The molecule has 0 aliphatic rings. The van der Waals surface area contributed by atoms with Crippen molar-refractivity contribution in [1.82, 2.24) is 4.90 Å². The van der Waals surface area contributed by atoms with Crippen LogP contribution in [-0.4, -0.2) is 41.9 Å².